The molecule has 0 fully saturated rings. The first-order valence-corrected chi connectivity index (χ1v) is 4.65. The number of nitrogens with one attached hydrogen (secondary N) is 1. The molecule has 16 heavy (non-hydrogen) atoms. The molecule has 1 rings (SSSR count). The minimum atomic E-state index is -0.543. The molecular weight excluding hydrogens is 210 g/mol. The van der Waals surface area contributed by atoms with Crippen LogP contribution in [0.5, 0.6) is 5.75 Å². The Labute approximate surface area is 92.6 Å². The summed E-state index contributed by atoms with van der Waals surface area (Å²) in [5.74, 6) is 0.364. The topological polar surface area (TPSA) is 88.2 Å². The zero-order valence-corrected chi connectivity index (χ0v) is 8.77. The Kier molecular flexibility index (Phi) is 4.24. The van der Waals surface area contributed by atoms with Crippen LogP contribution in [0.4, 0.5) is 5.69 Å². The predicted octanol–water partition coefficient (Wildman–Crippen LogP) is 1.06. The number of nitro benzene ring substituents is 1. The van der Waals surface area contributed by atoms with Gasteiger partial charge in [-0.2, -0.15) is 5.26 Å². The van der Waals surface area contributed by atoms with Gasteiger partial charge in [-0.15, -0.1) is 0 Å². The first kappa shape index (κ1) is 11.9. The number of hydrogen-bond donors (Lipinski definition) is 1. The van der Waals surface area contributed by atoms with Crippen LogP contribution < -0.4 is 10.1 Å². The van der Waals surface area contributed by atoms with E-state index in [4.69, 9.17) is 10.00 Å². The second-order valence-electron chi connectivity index (χ2n) is 3.00. The average Bonchev–Trinajstić information content (AvgIpc) is 2.29. The summed E-state index contributed by atoms with van der Waals surface area (Å²) in [6.45, 7) is 1.05. The van der Waals surface area contributed by atoms with Gasteiger partial charge in [0.2, 0.25) is 0 Å². The van der Waals surface area contributed by atoms with Crippen LogP contribution in [0.15, 0.2) is 18.2 Å². The van der Waals surface area contributed by atoms with Crippen LogP contribution in [0.3, 0.4) is 0 Å². The third kappa shape index (κ3) is 2.93. The maximum Gasteiger partial charge on any atom is 0.271 e. The lowest BCUT2D eigenvalue weighted by Crippen LogP contribution is -2.16. The van der Waals surface area contributed by atoms with Gasteiger partial charge in [0.25, 0.3) is 5.69 Å². The fourth-order valence-corrected chi connectivity index (χ4v) is 1.11. The molecule has 0 bridgehead atoms. The number of likely N-dealkylation sites (N-methyl/N-ethyl adjacent to an activating group) is 1. The number of non-ortho nitro benzene ring substituents is 1. The van der Waals surface area contributed by atoms with E-state index in [0.29, 0.717) is 18.9 Å². The molecule has 0 aliphatic carbocycles. The normalized spacial score (nSPS) is 9.50. The number of nitrogens with zero attached hydrogens (tertiary/aromatic N) is 2. The van der Waals surface area contributed by atoms with Gasteiger partial charge in [-0.3, -0.25) is 10.1 Å². The number of nitro groups is 1. The Morgan fingerprint density at radius 2 is 2.38 bits per heavy atom. The van der Waals surface area contributed by atoms with E-state index in [-0.39, 0.29) is 11.3 Å². The van der Waals surface area contributed by atoms with Gasteiger partial charge in [-0.25, -0.2) is 0 Å². The molecule has 0 saturated heterocycles. The largest absolute Gasteiger partial charge is 0.491 e. The second-order valence-corrected chi connectivity index (χ2v) is 3.00. The van der Waals surface area contributed by atoms with Gasteiger partial charge in [0.05, 0.1) is 4.92 Å². The minimum absolute atomic E-state index is 0.113. The predicted molar refractivity (Wildman–Crippen MR) is 57.2 cm³/mol. The zero-order valence-electron chi connectivity index (χ0n) is 8.77. The molecule has 0 atom stereocenters. The summed E-state index contributed by atoms with van der Waals surface area (Å²) in [5.41, 5.74) is 0.0582. The van der Waals surface area contributed by atoms with E-state index in [1.807, 2.05) is 6.07 Å². The van der Waals surface area contributed by atoms with E-state index >= 15 is 0 Å². The second kappa shape index (κ2) is 5.68. The van der Waals surface area contributed by atoms with Crippen molar-refractivity contribution in [3.8, 4) is 11.8 Å². The fraction of sp³-hybridized carbons (Fsp3) is 0.300. The Hall–Kier alpha value is -2.13. The highest BCUT2D eigenvalue weighted by Crippen LogP contribution is 2.23. The summed E-state index contributed by atoms with van der Waals surface area (Å²) in [4.78, 5) is 9.94. The number of benzene rings is 1. The van der Waals surface area contributed by atoms with Crippen molar-refractivity contribution in [1.29, 1.82) is 5.26 Å². The lowest BCUT2D eigenvalue weighted by Gasteiger charge is -2.06. The molecule has 6 nitrogen and oxygen atoms in total. The monoisotopic (exact) mass is 221 g/mol. The average molecular weight is 221 g/mol. The molecule has 0 aliphatic rings. The Bertz CT molecular complexity index is 426. The van der Waals surface area contributed by atoms with Gasteiger partial charge >= 0.3 is 0 Å². The summed E-state index contributed by atoms with van der Waals surface area (Å²) in [6, 6.07) is 5.82. The number of hydrogen-bond acceptors (Lipinski definition) is 5. The number of rotatable bonds is 5. The van der Waals surface area contributed by atoms with Crippen molar-refractivity contribution in [2.45, 2.75) is 0 Å². The first-order valence-electron chi connectivity index (χ1n) is 4.65. The molecule has 1 aromatic rings. The molecular formula is C10H11N3O3. The summed E-state index contributed by atoms with van der Waals surface area (Å²) < 4.78 is 5.30. The fourth-order valence-electron chi connectivity index (χ4n) is 1.11. The van der Waals surface area contributed by atoms with Gasteiger partial charge in [-0.05, 0) is 13.1 Å². The van der Waals surface area contributed by atoms with Gasteiger partial charge in [0, 0.05) is 18.7 Å². The van der Waals surface area contributed by atoms with Crippen molar-refractivity contribution in [3.63, 3.8) is 0 Å². The van der Waals surface area contributed by atoms with Gasteiger partial charge in [-0.1, -0.05) is 0 Å². The lowest BCUT2D eigenvalue weighted by atomic mass is 10.2. The smallest absolute Gasteiger partial charge is 0.271 e. The first-order chi connectivity index (χ1) is 7.69. The third-order valence-corrected chi connectivity index (χ3v) is 1.90. The number of nitriles is 1. The molecule has 6 heteroatoms. The maximum absolute atomic E-state index is 10.5. The summed E-state index contributed by atoms with van der Waals surface area (Å²) in [6.07, 6.45) is 0. The van der Waals surface area contributed by atoms with Crippen molar-refractivity contribution >= 4 is 5.69 Å². The molecule has 0 heterocycles. The van der Waals surface area contributed by atoms with Crippen molar-refractivity contribution in [2.75, 3.05) is 20.2 Å². The highest BCUT2D eigenvalue weighted by molar-refractivity contribution is 5.50. The van der Waals surface area contributed by atoms with E-state index in [0.717, 1.165) is 0 Å². The molecule has 0 aromatic heterocycles. The van der Waals surface area contributed by atoms with Crippen LogP contribution in [0.1, 0.15) is 5.56 Å². The van der Waals surface area contributed by atoms with Gasteiger partial charge in [0.1, 0.15) is 24.0 Å². The maximum atomic E-state index is 10.5. The van der Waals surface area contributed by atoms with Crippen molar-refractivity contribution in [2.24, 2.45) is 0 Å². The van der Waals surface area contributed by atoms with Crippen LogP contribution >= 0.6 is 0 Å². The molecule has 1 aromatic carbocycles. The molecule has 0 radical (unpaired) electrons. The lowest BCUT2D eigenvalue weighted by molar-refractivity contribution is -0.384. The zero-order chi connectivity index (χ0) is 12.0. The van der Waals surface area contributed by atoms with E-state index in [1.54, 1.807) is 7.05 Å². The Morgan fingerprint density at radius 1 is 1.62 bits per heavy atom. The van der Waals surface area contributed by atoms with Crippen molar-refractivity contribution in [1.82, 2.24) is 5.32 Å². The van der Waals surface area contributed by atoms with Crippen LogP contribution in [-0.2, 0) is 0 Å². The summed E-state index contributed by atoms with van der Waals surface area (Å²) >= 11 is 0. The van der Waals surface area contributed by atoms with Crippen LogP contribution in [-0.4, -0.2) is 25.1 Å². The molecule has 0 aliphatic heterocycles. The molecule has 84 valence electrons. The van der Waals surface area contributed by atoms with E-state index in [9.17, 15) is 10.1 Å². The van der Waals surface area contributed by atoms with Crippen LogP contribution in [0.25, 0.3) is 0 Å². The van der Waals surface area contributed by atoms with E-state index in [2.05, 4.69) is 5.32 Å². The molecule has 0 amide bonds. The van der Waals surface area contributed by atoms with Crippen molar-refractivity contribution in [3.05, 3.63) is 33.9 Å². The van der Waals surface area contributed by atoms with Crippen molar-refractivity contribution < 1.29 is 9.66 Å². The Morgan fingerprint density at radius 3 is 2.94 bits per heavy atom. The van der Waals surface area contributed by atoms with Gasteiger partial charge in [0.15, 0.2) is 0 Å². The van der Waals surface area contributed by atoms with Crippen LogP contribution in [0.2, 0.25) is 0 Å². The quantitative estimate of drug-likeness (QED) is 0.456. The molecule has 0 saturated carbocycles. The number of ether oxygens (including phenoxy) is 1. The van der Waals surface area contributed by atoms with E-state index < -0.39 is 4.92 Å². The summed E-state index contributed by atoms with van der Waals surface area (Å²) in [5, 5.41) is 22.2. The molecule has 1 N–H and O–H groups in total. The van der Waals surface area contributed by atoms with Gasteiger partial charge < -0.3 is 10.1 Å². The SMILES string of the molecule is CNCCOc1ccc([N+](=O)[O-])cc1C#N. The van der Waals surface area contributed by atoms with Crippen LogP contribution in [0, 0.1) is 21.4 Å². The highest BCUT2D eigenvalue weighted by atomic mass is 16.6. The molecule has 0 spiro atoms. The third-order valence-electron chi connectivity index (χ3n) is 1.90. The summed E-state index contributed by atoms with van der Waals surface area (Å²) in [7, 11) is 1.78. The van der Waals surface area contributed by atoms with E-state index in [1.165, 1.54) is 18.2 Å². The highest BCUT2D eigenvalue weighted by Gasteiger charge is 2.11. The Balaban J connectivity index is 2.86. The minimum Gasteiger partial charge on any atom is -0.491 e. The molecule has 0 unspecified atom stereocenters. The standard InChI is InChI=1S/C10H11N3O3/c1-12-4-5-16-10-3-2-9(13(14)15)6-8(10)7-11/h2-3,6,12H,4-5H2,1H3.